The Hall–Kier alpha value is -1.07. The van der Waals surface area contributed by atoms with E-state index in [4.69, 9.17) is 4.74 Å². The zero-order valence-corrected chi connectivity index (χ0v) is 12.1. The van der Waals surface area contributed by atoms with E-state index in [-0.39, 0.29) is 11.3 Å². The van der Waals surface area contributed by atoms with E-state index in [1.54, 1.807) is 7.11 Å². The summed E-state index contributed by atoms with van der Waals surface area (Å²) < 4.78 is 5.99. The minimum Gasteiger partial charge on any atom is -0.496 e. The van der Waals surface area contributed by atoms with E-state index >= 15 is 0 Å². The number of halogens is 1. The Morgan fingerprint density at radius 2 is 2.33 bits per heavy atom. The molecule has 5 heteroatoms. The van der Waals surface area contributed by atoms with Gasteiger partial charge in [0.15, 0.2) is 0 Å². The van der Waals surface area contributed by atoms with E-state index in [1.807, 2.05) is 25.1 Å². The lowest BCUT2D eigenvalue weighted by molar-refractivity contribution is -0.123. The minimum absolute atomic E-state index is 0.0598. The summed E-state index contributed by atoms with van der Waals surface area (Å²) in [5, 5.41) is 6.17. The molecule has 0 aromatic heterocycles. The highest BCUT2D eigenvalue weighted by Gasteiger charge is 2.36. The smallest absolute Gasteiger partial charge is 0.231 e. The van der Waals surface area contributed by atoms with Gasteiger partial charge in [-0.15, -0.1) is 0 Å². The van der Waals surface area contributed by atoms with Gasteiger partial charge in [0.2, 0.25) is 5.91 Å². The second-order valence-corrected chi connectivity index (χ2v) is 5.65. The van der Waals surface area contributed by atoms with Crippen LogP contribution in [0.5, 0.6) is 5.75 Å². The molecule has 18 heavy (non-hydrogen) atoms. The van der Waals surface area contributed by atoms with Crippen LogP contribution in [-0.4, -0.2) is 26.1 Å². The molecule has 1 saturated heterocycles. The van der Waals surface area contributed by atoms with Crippen LogP contribution >= 0.6 is 15.9 Å². The maximum atomic E-state index is 12.2. The third-order valence-corrected chi connectivity index (χ3v) is 3.95. The third-order valence-electron chi connectivity index (χ3n) is 3.33. The molecule has 2 N–H and O–H groups in total. The molecule has 1 unspecified atom stereocenters. The number of anilines is 1. The van der Waals surface area contributed by atoms with E-state index in [0.29, 0.717) is 0 Å². The van der Waals surface area contributed by atoms with Crippen molar-refractivity contribution in [1.29, 1.82) is 0 Å². The average molecular weight is 313 g/mol. The molecule has 0 saturated carbocycles. The Balaban J connectivity index is 2.09. The fraction of sp³-hybridized carbons (Fsp3) is 0.462. The quantitative estimate of drug-likeness (QED) is 0.901. The van der Waals surface area contributed by atoms with Crippen LogP contribution in [0.15, 0.2) is 22.7 Å². The van der Waals surface area contributed by atoms with Gasteiger partial charge in [0, 0.05) is 12.2 Å². The van der Waals surface area contributed by atoms with Crippen LogP contribution in [0.4, 0.5) is 5.69 Å². The second kappa shape index (κ2) is 5.28. The van der Waals surface area contributed by atoms with Gasteiger partial charge in [-0.05, 0) is 54.0 Å². The van der Waals surface area contributed by atoms with E-state index in [9.17, 15) is 4.79 Å². The van der Waals surface area contributed by atoms with Gasteiger partial charge in [-0.3, -0.25) is 4.79 Å². The molecule has 1 aromatic carbocycles. The van der Waals surface area contributed by atoms with Gasteiger partial charge in [-0.1, -0.05) is 0 Å². The predicted molar refractivity (Wildman–Crippen MR) is 74.9 cm³/mol. The molecule has 1 amide bonds. The molecule has 1 atom stereocenters. The van der Waals surface area contributed by atoms with Crippen molar-refractivity contribution < 1.29 is 9.53 Å². The average Bonchev–Trinajstić information content (AvgIpc) is 2.78. The third kappa shape index (κ3) is 2.67. The number of carbonyl (C=O) groups excluding carboxylic acids is 1. The summed E-state index contributed by atoms with van der Waals surface area (Å²) >= 11 is 3.41. The maximum Gasteiger partial charge on any atom is 0.231 e. The lowest BCUT2D eigenvalue weighted by atomic mass is 9.89. The monoisotopic (exact) mass is 312 g/mol. The van der Waals surface area contributed by atoms with Gasteiger partial charge < -0.3 is 15.4 Å². The van der Waals surface area contributed by atoms with Gasteiger partial charge in [0.25, 0.3) is 0 Å². The lowest BCUT2D eigenvalue weighted by Crippen LogP contribution is -2.35. The highest BCUT2D eigenvalue weighted by atomic mass is 79.9. The number of nitrogens with one attached hydrogen (secondary N) is 2. The van der Waals surface area contributed by atoms with Crippen molar-refractivity contribution in [2.24, 2.45) is 5.41 Å². The largest absolute Gasteiger partial charge is 0.496 e. The number of amides is 1. The van der Waals surface area contributed by atoms with Crippen LogP contribution in [0.25, 0.3) is 0 Å². The first-order valence-electron chi connectivity index (χ1n) is 5.91. The Bertz CT molecular complexity index is 456. The van der Waals surface area contributed by atoms with Crippen molar-refractivity contribution >= 4 is 27.5 Å². The van der Waals surface area contributed by atoms with Crippen LogP contribution in [0, 0.1) is 5.41 Å². The van der Waals surface area contributed by atoms with Crippen molar-refractivity contribution in [3.8, 4) is 5.75 Å². The molecule has 1 aliphatic rings. The number of ether oxygens (including phenoxy) is 1. The molecule has 4 nitrogen and oxygen atoms in total. The lowest BCUT2D eigenvalue weighted by Gasteiger charge is -2.21. The van der Waals surface area contributed by atoms with E-state index < -0.39 is 0 Å². The zero-order chi connectivity index (χ0) is 13.2. The van der Waals surface area contributed by atoms with Crippen LogP contribution in [0.1, 0.15) is 13.3 Å². The maximum absolute atomic E-state index is 12.2. The first-order valence-corrected chi connectivity index (χ1v) is 6.70. The molecule has 1 heterocycles. The van der Waals surface area contributed by atoms with Crippen molar-refractivity contribution in [1.82, 2.24) is 5.32 Å². The molecule has 0 aliphatic carbocycles. The summed E-state index contributed by atoms with van der Waals surface area (Å²) in [7, 11) is 1.61. The first kappa shape index (κ1) is 13.4. The SMILES string of the molecule is COc1ccc(NC(=O)C2(C)CCNC2)cc1Br. The van der Waals surface area contributed by atoms with E-state index in [0.717, 1.165) is 35.4 Å². The number of methoxy groups -OCH3 is 1. The zero-order valence-electron chi connectivity index (χ0n) is 10.5. The fourth-order valence-corrected chi connectivity index (χ4v) is 2.58. The van der Waals surface area contributed by atoms with E-state index in [2.05, 4.69) is 26.6 Å². The van der Waals surface area contributed by atoms with Crippen molar-refractivity contribution in [2.45, 2.75) is 13.3 Å². The Labute approximate surface area is 115 Å². The van der Waals surface area contributed by atoms with Crippen LogP contribution in [0.3, 0.4) is 0 Å². The van der Waals surface area contributed by atoms with Crippen molar-refractivity contribution in [2.75, 3.05) is 25.5 Å². The molecule has 1 aliphatic heterocycles. The molecule has 98 valence electrons. The van der Waals surface area contributed by atoms with Crippen LogP contribution in [0.2, 0.25) is 0 Å². The number of hydrogen-bond acceptors (Lipinski definition) is 3. The molecule has 1 aromatic rings. The second-order valence-electron chi connectivity index (χ2n) is 4.79. The number of carbonyl (C=O) groups is 1. The summed E-state index contributed by atoms with van der Waals surface area (Å²) in [6, 6.07) is 5.52. The molecule has 2 rings (SSSR count). The van der Waals surface area contributed by atoms with Crippen LogP contribution < -0.4 is 15.4 Å². The van der Waals surface area contributed by atoms with Gasteiger partial charge in [0.05, 0.1) is 17.0 Å². The Kier molecular flexibility index (Phi) is 3.92. The first-order chi connectivity index (χ1) is 8.55. The van der Waals surface area contributed by atoms with Gasteiger partial charge in [-0.2, -0.15) is 0 Å². The summed E-state index contributed by atoms with van der Waals surface area (Å²) in [4.78, 5) is 12.2. The fourth-order valence-electron chi connectivity index (χ4n) is 2.04. The molecule has 0 radical (unpaired) electrons. The Morgan fingerprint density at radius 3 is 2.89 bits per heavy atom. The van der Waals surface area contributed by atoms with Gasteiger partial charge in [-0.25, -0.2) is 0 Å². The van der Waals surface area contributed by atoms with Crippen molar-refractivity contribution in [3.05, 3.63) is 22.7 Å². The molecular weight excluding hydrogens is 296 g/mol. The standard InChI is InChI=1S/C13H17BrN2O2/c1-13(5-6-15-8-13)12(17)16-9-3-4-11(18-2)10(14)7-9/h3-4,7,15H,5-6,8H2,1-2H3,(H,16,17). The summed E-state index contributed by atoms with van der Waals surface area (Å²) in [5.41, 5.74) is 0.465. The highest BCUT2D eigenvalue weighted by molar-refractivity contribution is 9.10. The topological polar surface area (TPSA) is 50.4 Å². The molecule has 0 spiro atoms. The van der Waals surface area contributed by atoms with Gasteiger partial charge >= 0.3 is 0 Å². The van der Waals surface area contributed by atoms with Crippen molar-refractivity contribution in [3.63, 3.8) is 0 Å². The number of rotatable bonds is 3. The predicted octanol–water partition coefficient (Wildman–Crippen LogP) is 2.40. The summed E-state index contributed by atoms with van der Waals surface area (Å²) in [6.07, 6.45) is 0.871. The minimum atomic E-state index is -0.313. The normalized spacial score (nSPS) is 22.8. The van der Waals surface area contributed by atoms with Gasteiger partial charge in [0.1, 0.15) is 5.75 Å². The summed E-state index contributed by atoms with van der Waals surface area (Å²) in [6.45, 7) is 3.62. The number of benzene rings is 1. The summed E-state index contributed by atoms with van der Waals surface area (Å²) in [5.74, 6) is 0.811. The molecule has 1 fully saturated rings. The van der Waals surface area contributed by atoms with Crippen LogP contribution in [-0.2, 0) is 4.79 Å². The number of hydrogen-bond donors (Lipinski definition) is 2. The van der Waals surface area contributed by atoms with E-state index in [1.165, 1.54) is 0 Å². The highest BCUT2D eigenvalue weighted by Crippen LogP contribution is 2.30. The molecule has 0 bridgehead atoms. The molecular formula is C13H17BrN2O2. The Morgan fingerprint density at radius 1 is 1.56 bits per heavy atom.